The lowest BCUT2D eigenvalue weighted by atomic mass is 9.96. The van der Waals surface area contributed by atoms with Gasteiger partial charge in [-0.3, -0.25) is 0 Å². The van der Waals surface area contributed by atoms with Crippen LogP contribution in [0.1, 0.15) is 0 Å². The van der Waals surface area contributed by atoms with Crippen molar-refractivity contribution in [1.29, 1.82) is 0 Å². The van der Waals surface area contributed by atoms with E-state index in [0.717, 1.165) is 11.4 Å². The number of fused-ring (bicyclic) bond motifs is 5. The monoisotopic (exact) mass is 603 g/mol. The van der Waals surface area contributed by atoms with Crippen molar-refractivity contribution in [2.75, 3.05) is 5.32 Å². The lowest BCUT2D eigenvalue weighted by molar-refractivity contribution is 1.55. The molecule has 0 spiro atoms. The molecule has 9 rings (SSSR count). The number of thiophene rings is 1. The van der Waals surface area contributed by atoms with Gasteiger partial charge in [-0.05, 0) is 103 Å². The standard InChI is InChI=1S/C44H29NS/c1-2-6-33-25-35(14-13-29(33)5-1)38-18-17-36-26-34(15-16-37(36)27-38)32-11-9-30(10-12-32)31-19-21-39(22-20-31)45-40-23-24-42-41-7-3-4-8-43(41)46-44(42)28-40/h1-28,45H. The topological polar surface area (TPSA) is 12.0 Å². The first-order chi connectivity index (χ1) is 22.7. The van der Waals surface area contributed by atoms with Gasteiger partial charge in [-0.15, -0.1) is 11.3 Å². The van der Waals surface area contributed by atoms with E-state index in [0.29, 0.717) is 0 Å². The molecule has 0 saturated heterocycles. The Bertz CT molecular complexity index is 2540. The van der Waals surface area contributed by atoms with Crippen LogP contribution < -0.4 is 5.32 Å². The van der Waals surface area contributed by atoms with Crippen LogP contribution in [-0.4, -0.2) is 0 Å². The molecule has 46 heavy (non-hydrogen) atoms. The van der Waals surface area contributed by atoms with Crippen LogP contribution in [0.5, 0.6) is 0 Å². The SMILES string of the molecule is c1ccc2cc(-c3ccc4cc(-c5ccc(-c6ccc(Nc7ccc8c(c7)sc7ccccc78)cc6)cc5)ccc4c3)ccc2c1. The highest BCUT2D eigenvalue weighted by Gasteiger charge is 2.07. The van der Waals surface area contributed by atoms with Crippen LogP contribution in [0, 0.1) is 0 Å². The number of hydrogen-bond donors (Lipinski definition) is 1. The molecule has 1 nitrogen and oxygen atoms in total. The molecular formula is C44H29NS. The third-order valence-electron chi connectivity index (χ3n) is 9.03. The highest BCUT2D eigenvalue weighted by molar-refractivity contribution is 7.25. The molecule has 0 amide bonds. The van der Waals surface area contributed by atoms with E-state index in [1.54, 1.807) is 0 Å². The number of anilines is 2. The van der Waals surface area contributed by atoms with Gasteiger partial charge >= 0.3 is 0 Å². The van der Waals surface area contributed by atoms with Crippen LogP contribution in [0.15, 0.2) is 170 Å². The van der Waals surface area contributed by atoms with Gasteiger partial charge in [0, 0.05) is 31.5 Å². The van der Waals surface area contributed by atoms with E-state index in [2.05, 4.69) is 175 Å². The van der Waals surface area contributed by atoms with Crippen molar-refractivity contribution in [2.45, 2.75) is 0 Å². The molecule has 8 aromatic carbocycles. The minimum absolute atomic E-state index is 1.08. The molecule has 0 aliphatic carbocycles. The van der Waals surface area contributed by atoms with E-state index in [4.69, 9.17) is 0 Å². The second-order valence-corrected chi connectivity index (χ2v) is 13.0. The van der Waals surface area contributed by atoms with Crippen LogP contribution in [-0.2, 0) is 0 Å². The molecule has 2 heteroatoms. The first-order valence-electron chi connectivity index (χ1n) is 15.7. The van der Waals surface area contributed by atoms with Gasteiger partial charge in [0.15, 0.2) is 0 Å². The Morgan fingerprint density at radius 1 is 0.304 bits per heavy atom. The van der Waals surface area contributed by atoms with E-state index < -0.39 is 0 Å². The minimum atomic E-state index is 1.08. The summed E-state index contributed by atoms with van der Waals surface area (Å²) in [5.41, 5.74) is 9.55. The third-order valence-corrected chi connectivity index (χ3v) is 10.2. The summed E-state index contributed by atoms with van der Waals surface area (Å²) in [4.78, 5) is 0. The lowest BCUT2D eigenvalue weighted by Gasteiger charge is -2.10. The van der Waals surface area contributed by atoms with Gasteiger partial charge in [-0.1, -0.05) is 121 Å². The predicted octanol–water partition coefficient (Wildman–Crippen LogP) is 13.1. The van der Waals surface area contributed by atoms with E-state index in [9.17, 15) is 0 Å². The Morgan fingerprint density at radius 3 is 1.46 bits per heavy atom. The third kappa shape index (κ3) is 4.90. The summed E-state index contributed by atoms with van der Waals surface area (Å²) in [5.74, 6) is 0. The van der Waals surface area contributed by atoms with Gasteiger partial charge in [-0.25, -0.2) is 0 Å². The highest BCUT2D eigenvalue weighted by atomic mass is 32.1. The quantitative estimate of drug-likeness (QED) is 0.206. The van der Waals surface area contributed by atoms with Crippen LogP contribution in [0.4, 0.5) is 11.4 Å². The van der Waals surface area contributed by atoms with Crippen molar-refractivity contribution in [3.05, 3.63) is 170 Å². The van der Waals surface area contributed by atoms with Crippen molar-refractivity contribution in [1.82, 2.24) is 0 Å². The van der Waals surface area contributed by atoms with Gasteiger partial charge in [-0.2, -0.15) is 0 Å². The van der Waals surface area contributed by atoms with Crippen LogP contribution in [0.2, 0.25) is 0 Å². The Balaban J connectivity index is 0.920. The molecule has 0 aliphatic heterocycles. The summed E-state index contributed by atoms with van der Waals surface area (Å²) in [6, 6.07) is 61.7. The van der Waals surface area contributed by atoms with Gasteiger partial charge in [0.25, 0.3) is 0 Å². The summed E-state index contributed by atoms with van der Waals surface area (Å²) < 4.78 is 2.64. The molecule has 0 radical (unpaired) electrons. The highest BCUT2D eigenvalue weighted by Crippen LogP contribution is 2.36. The normalized spacial score (nSPS) is 11.5. The van der Waals surface area contributed by atoms with Gasteiger partial charge < -0.3 is 5.32 Å². The second-order valence-electron chi connectivity index (χ2n) is 11.9. The summed E-state index contributed by atoms with van der Waals surface area (Å²) in [5, 5.41) is 11.3. The average Bonchev–Trinajstić information content (AvgIpc) is 3.49. The zero-order chi connectivity index (χ0) is 30.5. The molecule has 0 aliphatic rings. The first-order valence-corrected chi connectivity index (χ1v) is 16.5. The molecule has 1 aromatic heterocycles. The van der Waals surface area contributed by atoms with Gasteiger partial charge in [0.05, 0.1) is 0 Å². The number of benzene rings is 8. The van der Waals surface area contributed by atoms with Gasteiger partial charge in [0.2, 0.25) is 0 Å². The maximum absolute atomic E-state index is 3.59. The zero-order valence-electron chi connectivity index (χ0n) is 25.1. The molecular weight excluding hydrogens is 575 g/mol. The predicted molar refractivity (Wildman–Crippen MR) is 200 cm³/mol. The number of rotatable bonds is 5. The summed E-state index contributed by atoms with van der Waals surface area (Å²) >= 11 is 1.85. The first kappa shape index (κ1) is 26.7. The van der Waals surface area contributed by atoms with E-state index >= 15 is 0 Å². The maximum Gasteiger partial charge on any atom is 0.0398 e. The van der Waals surface area contributed by atoms with Crippen LogP contribution in [0.3, 0.4) is 0 Å². The van der Waals surface area contributed by atoms with Gasteiger partial charge in [0.1, 0.15) is 0 Å². The Morgan fingerprint density at radius 2 is 0.761 bits per heavy atom. The van der Waals surface area contributed by atoms with E-state index in [-0.39, 0.29) is 0 Å². The summed E-state index contributed by atoms with van der Waals surface area (Å²) in [7, 11) is 0. The Hall–Kier alpha value is -5.70. The largest absolute Gasteiger partial charge is 0.355 e. The van der Waals surface area contributed by atoms with Crippen molar-refractivity contribution in [2.24, 2.45) is 0 Å². The lowest BCUT2D eigenvalue weighted by Crippen LogP contribution is -1.89. The Kier molecular flexibility index (Phi) is 6.40. The maximum atomic E-state index is 3.59. The summed E-state index contributed by atoms with van der Waals surface area (Å²) in [6.07, 6.45) is 0. The van der Waals surface area contributed by atoms with Crippen molar-refractivity contribution < 1.29 is 0 Å². The minimum Gasteiger partial charge on any atom is -0.355 e. The van der Waals surface area contributed by atoms with Crippen molar-refractivity contribution >= 4 is 64.4 Å². The molecule has 1 heterocycles. The van der Waals surface area contributed by atoms with Crippen molar-refractivity contribution in [3.63, 3.8) is 0 Å². The molecule has 0 bridgehead atoms. The average molecular weight is 604 g/mol. The molecule has 216 valence electrons. The van der Waals surface area contributed by atoms with E-state index in [1.165, 1.54) is 75.1 Å². The molecule has 9 aromatic rings. The smallest absolute Gasteiger partial charge is 0.0398 e. The molecule has 0 unspecified atom stereocenters. The fourth-order valence-corrected chi connectivity index (χ4v) is 7.69. The fraction of sp³-hybridized carbons (Fsp3) is 0. The molecule has 0 saturated carbocycles. The molecule has 1 N–H and O–H groups in total. The summed E-state index contributed by atoms with van der Waals surface area (Å²) in [6.45, 7) is 0. The number of hydrogen-bond acceptors (Lipinski definition) is 2. The van der Waals surface area contributed by atoms with Crippen LogP contribution in [0.25, 0.3) is 75.1 Å². The zero-order valence-corrected chi connectivity index (χ0v) is 25.9. The van der Waals surface area contributed by atoms with E-state index in [1.807, 2.05) is 11.3 Å². The molecule has 0 atom stereocenters. The fourth-order valence-electron chi connectivity index (χ4n) is 6.55. The van der Waals surface area contributed by atoms with Crippen molar-refractivity contribution in [3.8, 4) is 33.4 Å². The Labute approximate surface area is 272 Å². The number of nitrogens with one attached hydrogen (secondary N) is 1. The van der Waals surface area contributed by atoms with Crippen LogP contribution >= 0.6 is 11.3 Å². The second kappa shape index (κ2) is 11.0. The molecule has 0 fully saturated rings.